The summed E-state index contributed by atoms with van der Waals surface area (Å²) in [4.78, 5) is 23.7. The Morgan fingerprint density at radius 3 is 2.24 bits per heavy atom. The number of benzene rings is 2. The summed E-state index contributed by atoms with van der Waals surface area (Å²) in [6.07, 6.45) is 2.83. The van der Waals surface area contributed by atoms with Gasteiger partial charge < -0.3 is 21.1 Å². The Hall–Kier alpha value is -3.02. The van der Waals surface area contributed by atoms with Gasteiger partial charge in [-0.1, -0.05) is 18.2 Å². The van der Waals surface area contributed by atoms with Crippen LogP contribution in [-0.4, -0.2) is 23.1 Å². The average Bonchev–Trinajstić information content (AvgIpc) is 3.40. The third-order valence-electron chi connectivity index (χ3n) is 3.95. The second kappa shape index (κ2) is 7.70. The molecular weight excluding hydrogens is 318 g/mol. The number of hydrogen-bond acceptors (Lipinski definition) is 3. The van der Waals surface area contributed by atoms with Crippen LogP contribution in [0, 0.1) is 0 Å². The van der Waals surface area contributed by atoms with E-state index in [2.05, 4.69) is 16.0 Å². The van der Waals surface area contributed by atoms with Crippen molar-refractivity contribution in [3.8, 4) is 5.75 Å². The zero-order valence-electron chi connectivity index (χ0n) is 13.8. The van der Waals surface area contributed by atoms with E-state index >= 15 is 0 Å². The zero-order valence-corrected chi connectivity index (χ0v) is 13.8. The Morgan fingerprint density at radius 2 is 1.60 bits per heavy atom. The highest BCUT2D eigenvalue weighted by Gasteiger charge is 2.23. The Balaban J connectivity index is 1.46. The van der Waals surface area contributed by atoms with Crippen molar-refractivity contribution in [3.05, 3.63) is 54.1 Å². The lowest BCUT2D eigenvalue weighted by Crippen LogP contribution is -2.30. The monoisotopic (exact) mass is 339 g/mol. The van der Waals surface area contributed by atoms with Gasteiger partial charge in [0.2, 0.25) is 5.91 Å². The van der Waals surface area contributed by atoms with E-state index in [0.717, 1.165) is 18.4 Å². The number of phenols is 1. The van der Waals surface area contributed by atoms with Crippen LogP contribution < -0.4 is 16.0 Å². The quantitative estimate of drug-likeness (QED) is 0.651. The molecule has 1 fully saturated rings. The molecule has 0 saturated heterocycles. The molecule has 0 heterocycles. The zero-order chi connectivity index (χ0) is 17.6. The fraction of sp³-hybridized carbons (Fsp3) is 0.263. The van der Waals surface area contributed by atoms with Crippen molar-refractivity contribution in [2.45, 2.75) is 31.7 Å². The molecule has 25 heavy (non-hydrogen) atoms. The van der Waals surface area contributed by atoms with Crippen LogP contribution in [0.2, 0.25) is 0 Å². The van der Waals surface area contributed by atoms with Crippen LogP contribution >= 0.6 is 0 Å². The van der Waals surface area contributed by atoms with Crippen molar-refractivity contribution in [3.63, 3.8) is 0 Å². The predicted octanol–water partition coefficient (Wildman–Crippen LogP) is 3.25. The molecule has 0 bridgehead atoms. The van der Waals surface area contributed by atoms with Gasteiger partial charge in [0.25, 0.3) is 0 Å². The van der Waals surface area contributed by atoms with Gasteiger partial charge in [-0.2, -0.15) is 0 Å². The minimum absolute atomic E-state index is 0.129. The maximum Gasteiger partial charge on any atom is 0.319 e. The lowest BCUT2D eigenvalue weighted by atomic mass is 10.1. The van der Waals surface area contributed by atoms with Crippen molar-refractivity contribution < 1.29 is 14.7 Å². The second-order valence-corrected chi connectivity index (χ2v) is 6.13. The number of nitrogens with one attached hydrogen (secondary N) is 3. The summed E-state index contributed by atoms with van der Waals surface area (Å²) in [5.41, 5.74) is 2.08. The van der Waals surface area contributed by atoms with Gasteiger partial charge in [0.15, 0.2) is 0 Å². The molecule has 0 spiro atoms. The molecule has 1 aliphatic carbocycles. The van der Waals surface area contributed by atoms with E-state index in [4.69, 9.17) is 0 Å². The first-order valence-electron chi connectivity index (χ1n) is 8.34. The van der Waals surface area contributed by atoms with Crippen LogP contribution in [0.3, 0.4) is 0 Å². The van der Waals surface area contributed by atoms with E-state index in [0.29, 0.717) is 23.8 Å². The summed E-state index contributed by atoms with van der Waals surface area (Å²) >= 11 is 0. The average molecular weight is 339 g/mol. The molecule has 1 saturated carbocycles. The van der Waals surface area contributed by atoms with Crippen molar-refractivity contribution >= 4 is 23.3 Å². The van der Waals surface area contributed by atoms with Crippen LogP contribution in [0.25, 0.3) is 0 Å². The number of anilines is 2. The Bertz CT molecular complexity index is 755. The standard InChI is InChI=1S/C19H21N3O3/c23-17-4-2-1-3-13(17)5-12-18(24)20-14-6-8-15(9-7-14)21-19(25)22-16-10-11-16/h1-4,6-9,16,23H,5,10-12H2,(H,20,24)(H2,21,22,25). The Labute approximate surface area is 146 Å². The Kier molecular flexibility index (Phi) is 5.18. The smallest absolute Gasteiger partial charge is 0.319 e. The molecule has 6 nitrogen and oxygen atoms in total. The number of para-hydroxylation sites is 1. The summed E-state index contributed by atoms with van der Waals surface area (Å²) in [5.74, 6) is 0.0747. The molecule has 4 N–H and O–H groups in total. The maximum atomic E-state index is 12.0. The molecule has 0 atom stereocenters. The number of carbonyl (C=O) groups excluding carboxylic acids is 2. The van der Waals surface area contributed by atoms with Crippen LogP contribution in [-0.2, 0) is 11.2 Å². The van der Waals surface area contributed by atoms with Crippen LogP contribution in [0.5, 0.6) is 5.75 Å². The number of rotatable bonds is 6. The first kappa shape index (κ1) is 16.8. The molecule has 3 amide bonds. The molecular formula is C19H21N3O3. The van der Waals surface area contributed by atoms with Gasteiger partial charge in [-0.15, -0.1) is 0 Å². The summed E-state index contributed by atoms with van der Waals surface area (Å²) in [6.45, 7) is 0. The van der Waals surface area contributed by atoms with Crippen molar-refractivity contribution in [2.75, 3.05) is 10.6 Å². The van der Waals surface area contributed by atoms with Crippen LogP contribution in [0.1, 0.15) is 24.8 Å². The second-order valence-electron chi connectivity index (χ2n) is 6.13. The summed E-state index contributed by atoms with van der Waals surface area (Å²) in [6, 6.07) is 14.1. The van der Waals surface area contributed by atoms with Crippen molar-refractivity contribution in [1.29, 1.82) is 0 Å². The maximum absolute atomic E-state index is 12.0. The summed E-state index contributed by atoms with van der Waals surface area (Å²) in [7, 11) is 0. The van der Waals surface area contributed by atoms with Crippen LogP contribution in [0.15, 0.2) is 48.5 Å². The highest BCUT2D eigenvalue weighted by Crippen LogP contribution is 2.20. The van der Waals surface area contributed by atoms with Crippen molar-refractivity contribution in [1.82, 2.24) is 5.32 Å². The number of aromatic hydroxyl groups is 1. The number of hydrogen-bond donors (Lipinski definition) is 4. The fourth-order valence-electron chi connectivity index (χ4n) is 2.41. The van der Waals surface area contributed by atoms with E-state index < -0.39 is 0 Å². The van der Waals surface area contributed by atoms with Gasteiger partial charge >= 0.3 is 6.03 Å². The Morgan fingerprint density at radius 1 is 0.960 bits per heavy atom. The lowest BCUT2D eigenvalue weighted by molar-refractivity contribution is -0.116. The lowest BCUT2D eigenvalue weighted by Gasteiger charge is -2.09. The van der Waals surface area contributed by atoms with E-state index in [1.165, 1.54) is 0 Å². The highest BCUT2D eigenvalue weighted by atomic mass is 16.3. The first-order valence-corrected chi connectivity index (χ1v) is 8.34. The normalized spacial score (nSPS) is 13.1. The van der Waals surface area contributed by atoms with E-state index in [9.17, 15) is 14.7 Å². The van der Waals surface area contributed by atoms with E-state index in [1.54, 1.807) is 42.5 Å². The minimum Gasteiger partial charge on any atom is -0.508 e. The SMILES string of the molecule is O=C(CCc1ccccc1O)Nc1ccc(NC(=O)NC2CC2)cc1. The molecule has 1 aliphatic rings. The number of urea groups is 1. The van der Waals surface area contributed by atoms with Gasteiger partial charge in [0.05, 0.1) is 0 Å². The molecule has 2 aromatic carbocycles. The van der Waals surface area contributed by atoms with Gasteiger partial charge in [-0.05, 0) is 55.2 Å². The molecule has 0 radical (unpaired) electrons. The molecule has 0 unspecified atom stereocenters. The van der Waals surface area contributed by atoms with Gasteiger partial charge in [0.1, 0.15) is 5.75 Å². The third kappa shape index (κ3) is 5.24. The third-order valence-corrected chi connectivity index (χ3v) is 3.95. The molecule has 0 aliphatic heterocycles. The summed E-state index contributed by atoms with van der Waals surface area (Å²) < 4.78 is 0. The largest absolute Gasteiger partial charge is 0.508 e. The van der Waals surface area contributed by atoms with Gasteiger partial charge in [-0.25, -0.2) is 4.79 Å². The number of aryl methyl sites for hydroxylation is 1. The predicted molar refractivity (Wildman–Crippen MR) is 96.7 cm³/mol. The molecule has 0 aromatic heterocycles. The fourth-order valence-corrected chi connectivity index (χ4v) is 2.41. The molecule has 2 aromatic rings. The van der Waals surface area contributed by atoms with Gasteiger partial charge in [0, 0.05) is 23.8 Å². The number of phenolic OH excluding ortho intramolecular Hbond substituents is 1. The van der Waals surface area contributed by atoms with E-state index in [-0.39, 0.29) is 24.1 Å². The van der Waals surface area contributed by atoms with Crippen LogP contribution in [0.4, 0.5) is 16.2 Å². The van der Waals surface area contributed by atoms with Crippen molar-refractivity contribution in [2.24, 2.45) is 0 Å². The minimum atomic E-state index is -0.207. The first-order chi connectivity index (χ1) is 12.1. The van der Waals surface area contributed by atoms with Gasteiger partial charge in [-0.3, -0.25) is 4.79 Å². The number of amides is 3. The highest BCUT2D eigenvalue weighted by molar-refractivity contribution is 5.92. The molecule has 3 rings (SSSR count). The number of carbonyl (C=O) groups is 2. The molecule has 6 heteroatoms. The topological polar surface area (TPSA) is 90.5 Å². The molecule has 130 valence electrons. The summed E-state index contributed by atoms with van der Waals surface area (Å²) in [5, 5.41) is 18.1. The van der Waals surface area contributed by atoms with E-state index in [1.807, 2.05) is 6.07 Å².